The molecule has 0 spiro atoms. The molecular formula is C13H14N2S. The number of nitrogens with zero attached hydrogens (tertiary/aromatic N) is 1. The fraction of sp³-hybridized carbons (Fsp3) is 0.231. The second-order valence-corrected chi connectivity index (χ2v) is 4.16. The molecule has 0 bridgehead atoms. The summed E-state index contributed by atoms with van der Waals surface area (Å²) in [4.78, 5) is 5.24. The topological polar surface area (TPSA) is 24.9 Å². The Labute approximate surface area is 101 Å². The van der Waals surface area contributed by atoms with Gasteiger partial charge in [0.05, 0.1) is 11.2 Å². The molecule has 1 aromatic heterocycles. The molecule has 3 heteroatoms. The van der Waals surface area contributed by atoms with E-state index in [-0.39, 0.29) is 0 Å². The summed E-state index contributed by atoms with van der Waals surface area (Å²) < 4.78 is 0. The minimum absolute atomic E-state index is 0.713. The molecule has 0 saturated carbocycles. The maximum absolute atomic E-state index is 5.23. The fourth-order valence-electron chi connectivity index (χ4n) is 1.62. The van der Waals surface area contributed by atoms with Crippen molar-refractivity contribution in [3.63, 3.8) is 0 Å². The Kier molecular flexibility index (Phi) is 3.15. The van der Waals surface area contributed by atoms with Crippen LogP contribution in [-0.4, -0.2) is 16.5 Å². The lowest BCUT2D eigenvalue weighted by Crippen LogP contribution is -2.22. The first-order valence-electron chi connectivity index (χ1n) is 5.36. The molecule has 0 aliphatic rings. The Bertz CT molecular complexity index is 534. The van der Waals surface area contributed by atoms with Crippen molar-refractivity contribution in [3.05, 3.63) is 41.6 Å². The highest BCUT2D eigenvalue weighted by atomic mass is 32.1. The summed E-state index contributed by atoms with van der Waals surface area (Å²) in [5.41, 5.74) is 3.08. The SMILES string of the molecule is CCNC(=S)c1ccc2cc(C)ccc2n1. The molecule has 0 saturated heterocycles. The van der Waals surface area contributed by atoms with Gasteiger partial charge in [0, 0.05) is 11.9 Å². The lowest BCUT2D eigenvalue weighted by atomic mass is 10.1. The summed E-state index contributed by atoms with van der Waals surface area (Å²) >= 11 is 5.23. The number of pyridine rings is 1. The molecule has 82 valence electrons. The average molecular weight is 230 g/mol. The number of hydrogen-bond acceptors (Lipinski definition) is 2. The molecule has 0 amide bonds. The molecule has 1 N–H and O–H groups in total. The van der Waals surface area contributed by atoms with Gasteiger partial charge in [-0.3, -0.25) is 0 Å². The lowest BCUT2D eigenvalue weighted by Gasteiger charge is -2.06. The predicted molar refractivity (Wildman–Crippen MR) is 71.9 cm³/mol. The average Bonchev–Trinajstić information content (AvgIpc) is 2.28. The molecule has 2 aromatic rings. The van der Waals surface area contributed by atoms with E-state index in [1.54, 1.807) is 0 Å². The van der Waals surface area contributed by atoms with Gasteiger partial charge < -0.3 is 5.32 Å². The van der Waals surface area contributed by atoms with Crippen molar-refractivity contribution in [2.75, 3.05) is 6.54 Å². The summed E-state index contributed by atoms with van der Waals surface area (Å²) in [6.45, 7) is 4.93. The largest absolute Gasteiger partial charge is 0.375 e. The molecule has 0 unspecified atom stereocenters. The van der Waals surface area contributed by atoms with E-state index in [0.29, 0.717) is 4.99 Å². The Balaban J connectivity index is 2.44. The van der Waals surface area contributed by atoms with Crippen LogP contribution in [0.5, 0.6) is 0 Å². The summed E-state index contributed by atoms with van der Waals surface area (Å²) in [5, 5.41) is 4.26. The van der Waals surface area contributed by atoms with E-state index in [1.807, 2.05) is 19.1 Å². The van der Waals surface area contributed by atoms with E-state index in [2.05, 4.69) is 35.4 Å². The molecule has 1 heterocycles. The second-order valence-electron chi connectivity index (χ2n) is 3.75. The zero-order chi connectivity index (χ0) is 11.5. The number of aryl methyl sites for hydroxylation is 1. The first-order chi connectivity index (χ1) is 7.70. The van der Waals surface area contributed by atoms with Gasteiger partial charge in [0.1, 0.15) is 4.99 Å². The van der Waals surface area contributed by atoms with Crippen LogP contribution in [0.4, 0.5) is 0 Å². The van der Waals surface area contributed by atoms with E-state index in [0.717, 1.165) is 23.1 Å². The van der Waals surface area contributed by atoms with Gasteiger partial charge in [-0.1, -0.05) is 29.9 Å². The number of hydrogen-bond donors (Lipinski definition) is 1. The van der Waals surface area contributed by atoms with Crippen LogP contribution in [-0.2, 0) is 0 Å². The van der Waals surface area contributed by atoms with Crippen molar-refractivity contribution in [1.29, 1.82) is 0 Å². The minimum Gasteiger partial charge on any atom is -0.375 e. The molecule has 0 aliphatic heterocycles. The third kappa shape index (κ3) is 2.19. The third-order valence-electron chi connectivity index (χ3n) is 2.41. The number of thiocarbonyl (C=S) groups is 1. The molecule has 0 fully saturated rings. The third-order valence-corrected chi connectivity index (χ3v) is 2.77. The number of fused-ring (bicyclic) bond motifs is 1. The Morgan fingerprint density at radius 2 is 2.12 bits per heavy atom. The Morgan fingerprint density at radius 1 is 1.31 bits per heavy atom. The quantitative estimate of drug-likeness (QED) is 0.803. The van der Waals surface area contributed by atoms with Crippen molar-refractivity contribution < 1.29 is 0 Å². The molecule has 1 aromatic carbocycles. The van der Waals surface area contributed by atoms with Crippen molar-refractivity contribution in [2.45, 2.75) is 13.8 Å². The van der Waals surface area contributed by atoms with Gasteiger partial charge in [-0.2, -0.15) is 0 Å². The summed E-state index contributed by atoms with van der Waals surface area (Å²) in [6, 6.07) is 10.3. The van der Waals surface area contributed by atoms with Gasteiger partial charge >= 0.3 is 0 Å². The van der Waals surface area contributed by atoms with Gasteiger partial charge in [0.15, 0.2) is 0 Å². The highest BCUT2D eigenvalue weighted by Gasteiger charge is 2.02. The molecule has 16 heavy (non-hydrogen) atoms. The van der Waals surface area contributed by atoms with Crippen molar-refractivity contribution >= 4 is 28.1 Å². The first-order valence-corrected chi connectivity index (χ1v) is 5.77. The second kappa shape index (κ2) is 4.58. The van der Waals surface area contributed by atoms with E-state index in [4.69, 9.17) is 12.2 Å². The zero-order valence-electron chi connectivity index (χ0n) is 9.45. The van der Waals surface area contributed by atoms with Crippen molar-refractivity contribution in [2.24, 2.45) is 0 Å². The highest BCUT2D eigenvalue weighted by molar-refractivity contribution is 7.80. The molecule has 2 rings (SSSR count). The van der Waals surface area contributed by atoms with Crippen LogP contribution < -0.4 is 5.32 Å². The number of rotatable bonds is 2. The van der Waals surface area contributed by atoms with Gasteiger partial charge in [-0.15, -0.1) is 0 Å². The molecule has 0 atom stereocenters. The van der Waals surface area contributed by atoms with Crippen LogP contribution in [0.2, 0.25) is 0 Å². The van der Waals surface area contributed by atoms with E-state index >= 15 is 0 Å². The molecular weight excluding hydrogens is 216 g/mol. The maximum Gasteiger partial charge on any atom is 0.125 e. The maximum atomic E-state index is 5.23. The monoisotopic (exact) mass is 230 g/mol. The summed E-state index contributed by atoms with van der Waals surface area (Å²) in [5.74, 6) is 0. The molecule has 0 radical (unpaired) electrons. The zero-order valence-corrected chi connectivity index (χ0v) is 10.3. The Morgan fingerprint density at radius 3 is 2.88 bits per heavy atom. The lowest BCUT2D eigenvalue weighted by molar-refractivity contribution is 0.978. The van der Waals surface area contributed by atoms with Crippen LogP contribution in [0, 0.1) is 6.92 Å². The summed E-state index contributed by atoms with van der Waals surface area (Å²) in [6.07, 6.45) is 0. The number of aromatic nitrogens is 1. The molecule has 2 nitrogen and oxygen atoms in total. The normalized spacial score (nSPS) is 10.4. The van der Waals surface area contributed by atoms with Gasteiger partial charge in [0.25, 0.3) is 0 Å². The molecule has 0 aliphatic carbocycles. The smallest absolute Gasteiger partial charge is 0.125 e. The van der Waals surface area contributed by atoms with Crippen LogP contribution in [0.3, 0.4) is 0 Å². The van der Waals surface area contributed by atoms with Gasteiger partial charge in [0.2, 0.25) is 0 Å². The van der Waals surface area contributed by atoms with Gasteiger partial charge in [-0.25, -0.2) is 4.98 Å². The number of benzene rings is 1. The fourth-order valence-corrected chi connectivity index (χ4v) is 1.88. The number of nitrogens with one attached hydrogen (secondary N) is 1. The van der Waals surface area contributed by atoms with Crippen LogP contribution >= 0.6 is 12.2 Å². The van der Waals surface area contributed by atoms with Crippen LogP contribution in [0.1, 0.15) is 18.2 Å². The summed E-state index contributed by atoms with van der Waals surface area (Å²) in [7, 11) is 0. The van der Waals surface area contributed by atoms with Crippen LogP contribution in [0.25, 0.3) is 10.9 Å². The predicted octanol–water partition coefficient (Wildman–Crippen LogP) is 2.83. The minimum atomic E-state index is 0.713. The van der Waals surface area contributed by atoms with Crippen LogP contribution in [0.15, 0.2) is 30.3 Å². The Hall–Kier alpha value is -1.48. The van der Waals surface area contributed by atoms with E-state index < -0.39 is 0 Å². The highest BCUT2D eigenvalue weighted by Crippen LogP contribution is 2.14. The van der Waals surface area contributed by atoms with E-state index in [9.17, 15) is 0 Å². The van der Waals surface area contributed by atoms with Crippen molar-refractivity contribution in [1.82, 2.24) is 10.3 Å². The first kappa shape index (κ1) is 11.0. The standard InChI is InChI=1S/C13H14N2S/c1-3-14-13(16)12-7-5-10-8-9(2)4-6-11(10)15-12/h4-8H,3H2,1-2H3,(H,14,16). The van der Waals surface area contributed by atoms with Crippen molar-refractivity contribution in [3.8, 4) is 0 Å². The van der Waals surface area contributed by atoms with E-state index in [1.165, 1.54) is 5.56 Å². The van der Waals surface area contributed by atoms with Gasteiger partial charge in [-0.05, 0) is 32.0 Å².